The number of aromatic nitrogens is 2. The number of carbonyl (C=O) groups excluding carboxylic acids is 1. The van der Waals surface area contributed by atoms with Gasteiger partial charge in [-0.3, -0.25) is 9.69 Å². The number of anilines is 3. The fourth-order valence-electron chi connectivity index (χ4n) is 5.71. The van der Waals surface area contributed by atoms with Gasteiger partial charge in [0.05, 0.1) is 6.04 Å². The third-order valence-corrected chi connectivity index (χ3v) is 8.17. The van der Waals surface area contributed by atoms with Crippen LogP contribution in [0.2, 0.25) is 0 Å². The Kier molecular flexibility index (Phi) is 9.52. The molecule has 3 aromatic rings. The van der Waals surface area contributed by atoms with E-state index >= 15 is 0 Å². The molecule has 2 heterocycles. The molecule has 2 aromatic carbocycles. The van der Waals surface area contributed by atoms with Gasteiger partial charge in [0.25, 0.3) is 5.91 Å². The highest BCUT2D eigenvalue weighted by Crippen LogP contribution is 2.36. The molecule has 2 atom stereocenters. The van der Waals surface area contributed by atoms with Gasteiger partial charge in [-0.1, -0.05) is 43.2 Å². The van der Waals surface area contributed by atoms with Crippen molar-refractivity contribution < 1.29 is 27.9 Å². The van der Waals surface area contributed by atoms with Crippen LogP contribution in [0.5, 0.6) is 0 Å². The number of nitrogens with one attached hydrogen (secondary N) is 2. The normalized spacial score (nSPS) is 19.3. The van der Waals surface area contributed by atoms with Crippen LogP contribution >= 0.6 is 0 Å². The Labute approximate surface area is 253 Å². The molecule has 3 N–H and O–H groups in total. The van der Waals surface area contributed by atoms with Crippen LogP contribution in [0.25, 0.3) is 0 Å². The fourth-order valence-corrected chi connectivity index (χ4v) is 5.71. The van der Waals surface area contributed by atoms with Crippen molar-refractivity contribution in [2.45, 2.75) is 50.5 Å². The first-order chi connectivity index (χ1) is 21.1. The maximum atomic E-state index is 14.0. The van der Waals surface area contributed by atoms with Crippen LogP contribution in [-0.2, 0) is 12.7 Å². The Bertz CT molecular complexity index is 1430. The van der Waals surface area contributed by atoms with Crippen molar-refractivity contribution in [1.29, 1.82) is 0 Å². The average molecular weight is 612 g/mol. The number of piperazine rings is 1. The molecule has 0 spiro atoms. The van der Waals surface area contributed by atoms with E-state index in [0.717, 1.165) is 37.7 Å². The molecule has 44 heavy (non-hydrogen) atoms. The summed E-state index contributed by atoms with van der Waals surface area (Å²) in [6.45, 7) is 3.01. The summed E-state index contributed by atoms with van der Waals surface area (Å²) in [4.78, 5) is 38.5. The standard InChI is InChI=1S/C31H36F3N7O3/c1-39-15-17-40(18-16-39)28(42)22-11-13-23(14-12-22)36-29-35-19-24(31(32,33)34)27(38-29)37-25-9-5-6-10-26(25)41(30(43)44)20-21-7-3-2-4-8-21/h2-4,7-8,11-14,19,25-26H,5-6,9-10,15-18,20H2,1H3,(H,43,44)(H2,35,36,37,38)/t25-,26-/m0/s1. The molecule has 5 rings (SSSR count). The first kappa shape index (κ1) is 31.0. The number of hydrogen-bond donors (Lipinski definition) is 3. The number of benzene rings is 2. The second-order valence-electron chi connectivity index (χ2n) is 11.3. The molecule has 0 unspecified atom stereocenters. The van der Waals surface area contributed by atoms with E-state index in [0.29, 0.717) is 37.2 Å². The number of hydrogen-bond acceptors (Lipinski definition) is 7. The van der Waals surface area contributed by atoms with Crippen molar-refractivity contribution >= 4 is 29.5 Å². The molecule has 0 bridgehead atoms. The van der Waals surface area contributed by atoms with E-state index in [-0.39, 0.29) is 18.4 Å². The van der Waals surface area contributed by atoms with Gasteiger partial charge in [-0.05, 0) is 49.7 Å². The molecule has 1 saturated carbocycles. The minimum Gasteiger partial charge on any atom is -0.465 e. The highest BCUT2D eigenvalue weighted by molar-refractivity contribution is 5.94. The number of alkyl halides is 3. The summed E-state index contributed by atoms with van der Waals surface area (Å²) in [6, 6.07) is 14.6. The van der Waals surface area contributed by atoms with E-state index < -0.39 is 35.7 Å². The van der Waals surface area contributed by atoms with Crippen molar-refractivity contribution in [3.05, 3.63) is 77.5 Å². The van der Waals surface area contributed by atoms with Gasteiger partial charge in [0, 0.05) is 56.2 Å². The van der Waals surface area contributed by atoms with Crippen LogP contribution in [0.1, 0.15) is 47.2 Å². The first-order valence-electron chi connectivity index (χ1n) is 14.7. The van der Waals surface area contributed by atoms with E-state index in [4.69, 9.17) is 0 Å². The van der Waals surface area contributed by atoms with Crippen molar-refractivity contribution in [2.24, 2.45) is 0 Å². The molecule has 1 aliphatic heterocycles. The molecule has 13 heteroatoms. The SMILES string of the molecule is CN1CCN(C(=O)c2ccc(Nc3ncc(C(F)(F)F)c(N[C@H]4CCCC[C@@H]4N(Cc4ccccc4)C(=O)O)n3)cc2)CC1. The second kappa shape index (κ2) is 13.5. The summed E-state index contributed by atoms with van der Waals surface area (Å²) in [5.41, 5.74) is 0.768. The summed E-state index contributed by atoms with van der Waals surface area (Å²) in [5, 5.41) is 15.9. The minimum absolute atomic E-state index is 0.0645. The fraction of sp³-hybridized carbons (Fsp3) is 0.419. The summed E-state index contributed by atoms with van der Waals surface area (Å²) < 4.78 is 42.1. The summed E-state index contributed by atoms with van der Waals surface area (Å²) in [5.74, 6) is -0.559. The van der Waals surface area contributed by atoms with Gasteiger partial charge >= 0.3 is 12.3 Å². The monoisotopic (exact) mass is 611 g/mol. The number of likely N-dealkylation sites (N-methyl/N-ethyl adjacent to an activating group) is 1. The Morgan fingerprint density at radius 2 is 1.68 bits per heavy atom. The molecule has 2 amide bonds. The van der Waals surface area contributed by atoms with Gasteiger partial charge in [-0.25, -0.2) is 9.78 Å². The lowest BCUT2D eigenvalue weighted by Crippen LogP contribution is -2.50. The van der Waals surface area contributed by atoms with E-state index in [9.17, 15) is 27.9 Å². The predicted molar refractivity (Wildman–Crippen MR) is 160 cm³/mol. The van der Waals surface area contributed by atoms with E-state index in [1.807, 2.05) is 37.4 Å². The molecule has 10 nitrogen and oxygen atoms in total. The van der Waals surface area contributed by atoms with E-state index in [2.05, 4.69) is 25.5 Å². The quantitative estimate of drug-likeness (QED) is 0.305. The zero-order valence-electron chi connectivity index (χ0n) is 24.4. The number of carbonyl (C=O) groups is 2. The summed E-state index contributed by atoms with van der Waals surface area (Å²) >= 11 is 0. The summed E-state index contributed by atoms with van der Waals surface area (Å²) in [6.07, 6.45) is -2.65. The van der Waals surface area contributed by atoms with Gasteiger partial charge in [0.2, 0.25) is 5.95 Å². The van der Waals surface area contributed by atoms with Gasteiger partial charge in [0.1, 0.15) is 11.4 Å². The first-order valence-corrected chi connectivity index (χ1v) is 14.7. The van der Waals surface area contributed by atoms with Gasteiger partial charge in [0.15, 0.2) is 0 Å². The lowest BCUT2D eigenvalue weighted by atomic mass is 9.88. The number of amides is 2. The molecule has 1 aromatic heterocycles. The smallest absolute Gasteiger partial charge is 0.421 e. The maximum absolute atomic E-state index is 14.0. The van der Waals surface area contributed by atoms with Crippen LogP contribution in [0, 0.1) is 0 Å². The van der Waals surface area contributed by atoms with Crippen LogP contribution < -0.4 is 10.6 Å². The van der Waals surface area contributed by atoms with Crippen LogP contribution in [-0.4, -0.2) is 87.1 Å². The number of rotatable bonds is 8. The zero-order valence-corrected chi connectivity index (χ0v) is 24.4. The number of carboxylic acid groups (broad SMARTS) is 1. The van der Waals surface area contributed by atoms with E-state index in [1.54, 1.807) is 29.2 Å². The third kappa shape index (κ3) is 7.57. The predicted octanol–water partition coefficient (Wildman–Crippen LogP) is 5.53. The zero-order chi connectivity index (χ0) is 31.3. The van der Waals surface area contributed by atoms with Gasteiger partial charge in [-0.2, -0.15) is 18.2 Å². The minimum atomic E-state index is -4.73. The lowest BCUT2D eigenvalue weighted by Gasteiger charge is -2.39. The van der Waals surface area contributed by atoms with Crippen LogP contribution in [0.15, 0.2) is 60.8 Å². The largest absolute Gasteiger partial charge is 0.465 e. The Morgan fingerprint density at radius 3 is 2.34 bits per heavy atom. The molecule has 1 aliphatic carbocycles. The van der Waals surface area contributed by atoms with Crippen LogP contribution in [0.3, 0.4) is 0 Å². The Balaban J connectivity index is 1.34. The Hall–Kier alpha value is -4.39. The van der Waals surface area contributed by atoms with E-state index in [1.165, 1.54) is 4.90 Å². The molecule has 2 aliphatic rings. The van der Waals surface area contributed by atoms with Crippen molar-refractivity contribution in [2.75, 3.05) is 43.9 Å². The van der Waals surface area contributed by atoms with Crippen molar-refractivity contribution in [3.63, 3.8) is 0 Å². The molecular weight excluding hydrogens is 575 g/mol. The summed E-state index contributed by atoms with van der Waals surface area (Å²) in [7, 11) is 2.01. The number of nitrogens with zero attached hydrogens (tertiary/aromatic N) is 5. The molecule has 0 radical (unpaired) electrons. The third-order valence-electron chi connectivity index (χ3n) is 8.17. The van der Waals surface area contributed by atoms with Gasteiger partial charge in [-0.15, -0.1) is 0 Å². The van der Waals surface area contributed by atoms with Crippen molar-refractivity contribution in [3.8, 4) is 0 Å². The molecular formula is C31H36F3N7O3. The molecule has 234 valence electrons. The molecule has 1 saturated heterocycles. The van der Waals surface area contributed by atoms with Crippen LogP contribution in [0.4, 0.5) is 35.4 Å². The topological polar surface area (TPSA) is 114 Å². The average Bonchev–Trinajstić information content (AvgIpc) is 3.01. The Morgan fingerprint density at radius 1 is 1.00 bits per heavy atom. The second-order valence-corrected chi connectivity index (χ2v) is 11.3. The van der Waals surface area contributed by atoms with Crippen molar-refractivity contribution in [1.82, 2.24) is 24.7 Å². The molecule has 2 fully saturated rings. The number of halogens is 3. The highest BCUT2D eigenvalue weighted by atomic mass is 19.4. The van der Waals surface area contributed by atoms with Gasteiger partial charge < -0.3 is 25.5 Å². The lowest BCUT2D eigenvalue weighted by molar-refractivity contribution is -0.137. The highest BCUT2D eigenvalue weighted by Gasteiger charge is 2.38. The maximum Gasteiger partial charge on any atom is 0.421 e.